The third-order valence-corrected chi connectivity index (χ3v) is 4.35. The lowest BCUT2D eigenvalue weighted by Gasteiger charge is -2.25. The number of Topliss-reactive ketones (excluding diaryl/α,β-unsaturated/α-hetero) is 1. The van der Waals surface area contributed by atoms with Crippen molar-refractivity contribution in [3.05, 3.63) is 52.5 Å². The second-order valence-corrected chi connectivity index (χ2v) is 5.57. The van der Waals surface area contributed by atoms with E-state index in [4.69, 9.17) is 4.74 Å². The van der Waals surface area contributed by atoms with Gasteiger partial charge in [-0.1, -0.05) is 30.0 Å². The summed E-state index contributed by atoms with van der Waals surface area (Å²) in [5.41, 5.74) is 1.90. The third-order valence-electron chi connectivity index (χ3n) is 3.13. The van der Waals surface area contributed by atoms with Crippen molar-refractivity contribution < 1.29 is 14.3 Å². The van der Waals surface area contributed by atoms with E-state index in [0.29, 0.717) is 6.42 Å². The lowest BCUT2D eigenvalue weighted by molar-refractivity contribution is -0.149. The molecule has 0 bridgehead atoms. The molecule has 0 amide bonds. The van der Waals surface area contributed by atoms with E-state index in [2.05, 4.69) is 6.07 Å². The summed E-state index contributed by atoms with van der Waals surface area (Å²) in [6, 6.07) is 8.05. The molecule has 1 unspecified atom stereocenters. The first-order valence-corrected chi connectivity index (χ1v) is 6.85. The summed E-state index contributed by atoms with van der Waals surface area (Å²) in [4.78, 5) is 25.4. The zero-order valence-corrected chi connectivity index (χ0v) is 11.2. The number of hydrogen-bond acceptors (Lipinski definition) is 4. The van der Waals surface area contributed by atoms with E-state index in [9.17, 15) is 9.59 Å². The maximum absolute atomic E-state index is 12.3. The van der Waals surface area contributed by atoms with Crippen molar-refractivity contribution in [2.45, 2.75) is 24.3 Å². The second kappa shape index (κ2) is 4.70. The minimum absolute atomic E-state index is 0.102. The van der Waals surface area contributed by atoms with Crippen molar-refractivity contribution >= 4 is 23.5 Å². The van der Waals surface area contributed by atoms with Gasteiger partial charge < -0.3 is 4.74 Å². The standard InChI is InChI=1S/C15H12O3S/c1-9(16)18-12-6-7-14-11(15(12)17)8-10-4-2-3-5-13(10)19-14/h2-7,12H,8H2,1H3. The van der Waals surface area contributed by atoms with E-state index >= 15 is 0 Å². The molecule has 1 aromatic rings. The largest absolute Gasteiger partial charge is 0.450 e. The average molecular weight is 272 g/mol. The van der Waals surface area contributed by atoms with Gasteiger partial charge in [0.25, 0.3) is 0 Å². The number of fused-ring (bicyclic) bond motifs is 1. The lowest BCUT2D eigenvalue weighted by Crippen LogP contribution is -2.30. The van der Waals surface area contributed by atoms with Gasteiger partial charge in [0.05, 0.1) is 0 Å². The molecule has 1 heterocycles. The Bertz CT molecular complexity index is 628. The van der Waals surface area contributed by atoms with Gasteiger partial charge in [-0.05, 0) is 23.8 Å². The van der Waals surface area contributed by atoms with Crippen LogP contribution in [0.4, 0.5) is 0 Å². The van der Waals surface area contributed by atoms with Gasteiger partial charge in [0.2, 0.25) is 5.78 Å². The first kappa shape index (κ1) is 12.2. The van der Waals surface area contributed by atoms with Crippen molar-refractivity contribution in [3.8, 4) is 0 Å². The summed E-state index contributed by atoms with van der Waals surface area (Å²) in [5, 5.41) is 0. The number of rotatable bonds is 1. The quantitative estimate of drug-likeness (QED) is 0.737. The normalized spacial score (nSPS) is 20.9. The highest BCUT2D eigenvalue weighted by Crippen LogP contribution is 2.41. The number of allylic oxidation sites excluding steroid dienone is 1. The zero-order valence-electron chi connectivity index (χ0n) is 10.4. The van der Waals surface area contributed by atoms with Crippen LogP contribution in [0.1, 0.15) is 12.5 Å². The molecule has 1 atom stereocenters. The van der Waals surface area contributed by atoms with E-state index in [0.717, 1.165) is 16.0 Å². The van der Waals surface area contributed by atoms with E-state index < -0.39 is 12.1 Å². The van der Waals surface area contributed by atoms with Gasteiger partial charge in [0.1, 0.15) is 0 Å². The van der Waals surface area contributed by atoms with Crippen LogP contribution in [-0.2, 0) is 20.7 Å². The van der Waals surface area contributed by atoms with Crippen LogP contribution in [0, 0.1) is 0 Å². The molecule has 3 nitrogen and oxygen atoms in total. The number of hydrogen-bond donors (Lipinski definition) is 0. The molecule has 19 heavy (non-hydrogen) atoms. The number of carbonyl (C=O) groups excluding carboxylic acids is 2. The Morgan fingerprint density at radius 2 is 2.16 bits per heavy atom. The molecule has 0 radical (unpaired) electrons. The minimum atomic E-state index is -0.762. The predicted octanol–water partition coefficient (Wildman–Crippen LogP) is 2.66. The molecule has 0 aromatic heterocycles. The van der Waals surface area contributed by atoms with Gasteiger partial charge in [0.15, 0.2) is 6.10 Å². The summed E-state index contributed by atoms with van der Waals surface area (Å²) in [5.74, 6) is -0.536. The number of thioether (sulfide) groups is 1. The molecule has 3 rings (SSSR count). The van der Waals surface area contributed by atoms with E-state index in [-0.39, 0.29) is 5.78 Å². The molecule has 1 aromatic carbocycles. The van der Waals surface area contributed by atoms with Gasteiger partial charge in [0, 0.05) is 28.7 Å². The Labute approximate surface area is 115 Å². The number of esters is 1. The fourth-order valence-corrected chi connectivity index (χ4v) is 3.35. The van der Waals surface area contributed by atoms with Gasteiger partial charge in [-0.25, -0.2) is 0 Å². The molecule has 0 saturated carbocycles. The Kier molecular flexibility index (Phi) is 3.03. The van der Waals surface area contributed by atoms with Crippen LogP contribution in [-0.4, -0.2) is 17.9 Å². The van der Waals surface area contributed by atoms with Crippen molar-refractivity contribution in [1.29, 1.82) is 0 Å². The van der Waals surface area contributed by atoms with Crippen LogP contribution >= 0.6 is 11.8 Å². The SMILES string of the molecule is CC(=O)OC1C=CC2=C(Cc3ccccc3S2)C1=O. The molecule has 0 spiro atoms. The summed E-state index contributed by atoms with van der Waals surface area (Å²) in [6.45, 7) is 1.32. The average Bonchev–Trinajstić information content (AvgIpc) is 2.40. The molecule has 2 aliphatic rings. The number of ether oxygens (including phenoxy) is 1. The minimum Gasteiger partial charge on any atom is -0.450 e. The molecular weight excluding hydrogens is 260 g/mol. The second-order valence-electron chi connectivity index (χ2n) is 4.48. The molecule has 0 saturated heterocycles. The molecular formula is C15H12O3S. The summed E-state index contributed by atoms with van der Waals surface area (Å²) < 4.78 is 5.02. The van der Waals surface area contributed by atoms with Crippen LogP contribution in [0.3, 0.4) is 0 Å². The molecule has 1 aliphatic heterocycles. The number of benzene rings is 1. The van der Waals surface area contributed by atoms with Gasteiger partial charge >= 0.3 is 5.97 Å². The number of carbonyl (C=O) groups is 2. The van der Waals surface area contributed by atoms with Gasteiger partial charge in [-0.2, -0.15) is 0 Å². The van der Waals surface area contributed by atoms with E-state index in [1.807, 2.05) is 24.3 Å². The fraction of sp³-hybridized carbons (Fsp3) is 0.200. The summed E-state index contributed by atoms with van der Waals surface area (Å²) >= 11 is 1.60. The van der Waals surface area contributed by atoms with Crippen LogP contribution in [0.5, 0.6) is 0 Å². The fourth-order valence-electron chi connectivity index (χ4n) is 2.26. The van der Waals surface area contributed by atoms with Crippen LogP contribution in [0.15, 0.2) is 51.8 Å². The van der Waals surface area contributed by atoms with Crippen molar-refractivity contribution in [1.82, 2.24) is 0 Å². The Balaban J connectivity index is 1.91. The van der Waals surface area contributed by atoms with Crippen LogP contribution in [0.2, 0.25) is 0 Å². The highest BCUT2D eigenvalue weighted by molar-refractivity contribution is 8.03. The summed E-state index contributed by atoms with van der Waals surface area (Å²) in [6.07, 6.45) is 3.38. The zero-order chi connectivity index (χ0) is 13.4. The molecule has 4 heteroatoms. The monoisotopic (exact) mass is 272 g/mol. The van der Waals surface area contributed by atoms with E-state index in [1.165, 1.54) is 11.8 Å². The maximum Gasteiger partial charge on any atom is 0.303 e. The van der Waals surface area contributed by atoms with Gasteiger partial charge in [-0.3, -0.25) is 9.59 Å². The highest BCUT2D eigenvalue weighted by atomic mass is 32.2. The smallest absolute Gasteiger partial charge is 0.303 e. The van der Waals surface area contributed by atoms with Crippen molar-refractivity contribution in [3.63, 3.8) is 0 Å². The predicted molar refractivity (Wildman–Crippen MR) is 72.7 cm³/mol. The Morgan fingerprint density at radius 1 is 1.37 bits per heavy atom. The molecule has 0 fully saturated rings. The first-order chi connectivity index (χ1) is 9.15. The Morgan fingerprint density at radius 3 is 2.95 bits per heavy atom. The van der Waals surface area contributed by atoms with Crippen LogP contribution < -0.4 is 0 Å². The van der Waals surface area contributed by atoms with Gasteiger partial charge in [-0.15, -0.1) is 0 Å². The highest BCUT2D eigenvalue weighted by Gasteiger charge is 2.31. The molecule has 0 N–H and O–H groups in total. The Hall–Kier alpha value is -1.81. The molecule has 96 valence electrons. The van der Waals surface area contributed by atoms with Crippen molar-refractivity contribution in [2.24, 2.45) is 0 Å². The summed E-state index contributed by atoms with van der Waals surface area (Å²) in [7, 11) is 0. The maximum atomic E-state index is 12.3. The van der Waals surface area contributed by atoms with Crippen molar-refractivity contribution in [2.75, 3.05) is 0 Å². The topological polar surface area (TPSA) is 43.4 Å². The molecule has 1 aliphatic carbocycles. The van der Waals surface area contributed by atoms with Crippen LogP contribution in [0.25, 0.3) is 0 Å². The lowest BCUT2D eigenvalue weighted by atomic mass is 9.94. The first-order valence-electron chi connectivity index (χ1n) is 6.03. The third kappa shape index (κ3) is 2.24. The van der Waals surface area contributed by atoms with E-state index in [1.54, 1.807) is 17.8 Å². The number of ketones is 1.